The van der Waals surface area contributed by atoms with Crippen LogP contribution >= 0.6 is 70.6 Å². The third-order valence-corrected chi connectivity index (χ3v) is 15.9. The topological polar surface area (TPSA) is 52.6 Å². The first-order valence-corrected chi connectivity index (χ1v) is 18.7. The van der Waals surface area contributed by atoms with Crippen molar-refractivity contribution in [2.75, 3.05) is 36.2 Å². The van der Waals surface area contributed by atoms with Gasteiger partial charge in [0.05, 0.1) is 9.16 Å². The molecule has 2 saturated heterocycles. The zero-order chi connectivity index (χ0) is 27.7. The van der Waals surface area contributed by atoms with Crippen molar-refractivity contribution in [3.05, 3.63) is 59.7 Å². The van der Waals surface area contributed by atoms with Gasteiger partial charge in [-0.25, -0.2) is 9.59 Å². The maximum Gasteiger partial charge on any atom is 0.333 e. The lowest BCUT2D eigenvalue weighted by molar-refractivity contribution is -0.139. The summed E-state index contributed by atoms with van der Waals surface area (Å²) in [5.41, 5.74) is 3.67. The third kappa shape index (κ3) is 10.6. The van der Waals surface area contributed by atoms with E-state index in [0.29, 0.717) is 54.5 Å². The highest BCUT2D eigenvalue weighted by Gasteiger charge is 2.29. The van der Waals surface area contributed by atoms with Crippen molar-refractivity contribution >= 4 is 82.5 Å². The second-order valence-electron chi connectivity index (χ2n) is 9.42. The molecule has 1 aromatic carbocycles. The van der Waals surface area contributed by atoms with Crippen LogP contribution in [0.25, 0.3) is 0 Å². The van der Waals surface area contributed by atoms with E-state index in [-0.39, 0.29) is 11.9 Å². The Labute approximate surface area is 253 Å². The van der Waals surface area contributed by atoms with Gasteiger partial charge >= 0.3 is 11.9 Å². The maximum atomic E-state index is 11.6. The summed E-state index contributed by atoms with van der Waals surface area (Å²) < 4.78 is 11.8. The van der Waals surface area contributed by atoms with E-state index in [1.54, 1.807) is 13.8 Å². The van der Waals surface area contributed by atoms with E-state index in [4.69, 9.17) is 9.47 Å². The second-order valence-corrected chi connectivity index (χ2v) is 18.3. The smallest absolute Gasteiger partial charge is 0.333 e. The van der Waals surface area contributed by atoms with Gasteiger partial charge in [0.25, 0.3) is 0 Å². The van der Waals surface area contributed by atoms with Gasteiger partial charge in [-0.3, -0.25) is 0 Å². The van der Waals surface area contributed by atoms with E-state index in [1.165, 1.54) is 11.1 Å². The normalized spacial score (nSPS) is 24.5. The van der Waals surface area contributed by atoms with Crippen LogP contribution in [0.5, 0.6) is 0 Å². The molecular formula is C28H38O4S6. The first kappa shape index (κ1) is 32.3. The van der Waals surface area contributed by atoms with Crippen molar-refractivity contribution in [3.8, 4) is 0 Å². The van der Waals surface area contributed by atoms with Gasteiger partial charge in [-0.2, -0.15) is 23.5 Å². The molecule has 2 heterocycles. The van der Waals surface area contributed by atoms with E-state index in [2.05, 4.69) is 51.3 Å². The van der Waals surface area contributed by atoms with Crippen LogP contribution in [0.4, 0.5) is 0 Å². The van der Waals surface area contributed by atoms with Gasteiger partial charge in [0.15, 0.2) is 0 Å². The van der Waals surface area contributed by atoms with Crippen LogP contribution in [0.3, 0.4) is 0 Å². The fraction of sp³-hybridized carbons (Fsp3) is 0.571. The Morgan fingerprint density at radius 3 is 1.68 bits per heavy atom. The Hall–Kier alpha value is -0.260. The molecule has 0 radical (unpaired) electrons. The monoisotopic (exact) mass is 630 g/mol. The number of esters is 2. The van der Waals surface area contributed by atoms with Crippen molar-refractivity contribution < 1.29 is 19.1 Å². The van der Waals surface area contributed by atoms with E-state index in [9.17, 15) is 9.59 Å². The summed E-state index contributed by atoms with van der Waals surface area (Å²) in [7, 11) is 0. The number of hydrogen-bond donors (Lipinski definition) is 0. The zero-order valence-electron chi connectivity index (χ0n) is 22.5. The maximum absolute atomic E-state index is 11.6. The predicted molar refractivity (Wildman–Crippen MR) is 175 cm³/mol. The van der Waals surface area contributed by atoms with Gasteiger partial charge in [-0.15, -0.1) is 47.0 Å². The summed E-state index contributed by atoms with van der Waals surface area (Å²) in [5.74, 6) is 3.62. The fourth-order valence-electron chi connectivity index (χ4n) is 3.65. The van der Waals surface area contributed by atoms with Crippen molar-refractivity contribution in [2.24, 2.45) is 0 Å². The molecule has 210 valence electrons. The Bertz CT molecular complexity index is 913. The Morgan fingerprint density at radius 2 is 1.29 bits per heavy atom. The molecule has 0 saturated carbocycles. The number of ether oxygens (including phenoxy) is 2. The Balaban J connectivity index is 1.38. The van der Waals surface area contributed by atoms with Gasteiger partial charge in [0.2, 0.25) is 0 Å². The molecule has 0 amide bonds. The van der Waals surface area contributed by atoms with Gasteiger partial charge in [0, 0.05) is 55.2 Å². The molecule has 4 nitrogen and oxygen atoms in total. The van der Waals surface area contributed by atoms with E-state index < -0.39 is 0 Å². The van der Waals surface area contributed by atoms with Gasteiger partial charge < -0.3 is 9.47 Å². The number of thioether (sulfide) groups is 6. The SMILES string of the molecule is C=C(C)C(=O)OCC1CSC(CSC(C)c2cccc(C(C)SCC3SCC(COC(=O)C(=C)C)S3)c2)S1. The van der Waals surface area contributed by atoms with Crippen LogP contribution in [0.1, 0.15) is 49.3 Å². The van der Waals surface area contributed by atoms with Crippen LogP contribution in [-0.2, 0) is 19.1 Å². The van der Waals surface area contributed by atoms with Crippen LogP contribution < -0.4 is 0 Å². The summed E-state index contributed by atoms with van der Waals surface area (Å²) >= 11 is 11.8. The van der Waals surface area contributed by atoms with E-state index in [0.717, 1.165) is 23.0 Å². The van der Waals surface area contributed by atoms with Gasteiger partial charge in [-0.05, 0) is 38.8 Å². The van der Waals surface area contributed by atoms with Crippen molar-refractivity contribution in [3.63, 3.8) is 0 Å². The predicted octanol–water partition coefficient (Wildman–Crippen LogP) is 7.86. The summed E-state index contributed by atoms with van der Waals surface area (Å²) in [4.78, 5) is 23.3. The molecule has 3 rings (SSSR count). The molecular weight excluding hydrogens is 593 g/mol. The van der Waals surface area contributed by atoms with E-state index in [1.807, 2.05) is 70.6 Å². The largest absolute Gasteiger partial charge is 0.461 e. The molecule has 0 spiro atoms. The molecule has 2 aliphatic rings. The first-order valence-electron chi connectivity index (χ1n) is 12.6. The lowest BCUT2D eigenvalue weighted by atomic mass is 10.1. The standard InChI is InChI=1S/C28H38O4S6/c1-17(2)27(29)31-11-23-13-35-25(37-23)15-33-19(5)21-8-7-9-22(10-21)20(6)34-16-26-36-14-24(38-26)12-32-28(30)18(3)4/h7-10,19-20,23-26H,1,3,11-16H2,2,4-6H3. The summed E-state index contributed by atoms with van der Waals surface area (Å²) in [5, 5.41) is 1.58. The lowest BCUT2D eigenvalue weighted by Crippen LogP contribution is -2.16. The van der Waals surface area contributed by atoms with Crippen molar-refractivity contribution in [1.82, 2.24) is 0 Å². The molecule has 2 fully saturated rings. The molecule has 0 aliphatic carbocycles. The molecule has 0 N–H and O–H groups in total. The molecule has 6 unspecified atom stereocenters. The summed E-state index contributed by atoms with van der Waals surface area (Å²) in [6.45, 7) is 16.2. The molecule has 10 heteroatoms. The summed E-state index contributed by atoms with van der Waals surface area (Å²) in [6, 6.07) is 9.05. The third-order valence-electron chi connectivity index (χ3n) is 5.94. The zero-order valence-corrected chi connectivity index (χ0v) is 27.4. The minimum atomic E-state index is -0.291. The van der Waals surface area contributed by atoms with Gasteiger partial charge in [-0.1, -0.05) is 37.4 Å². The number of hydrogen-bond acceptors (Lipinski definition) is 10. The van der Waals surface area contributed by atoms with Crippen LogP contribution in [0.15, 0.2) is 48.6 Å². The molecule has 2 aliphatic heterocycles. The Kier molecular flexibility index (Phi) is 13.8. The number of benzene rings is 1. The van der Waals surface area contributed by atoms with Crippen molar-refractivity contribution in [1.29, 1.82) is 0 Å². The molecule has 6 atom stereocenters. The average Bonchev–Trinajstić information content (AvgIpc) is 3.56. The first-order chi connectivity index (χ1) is 18.1. The summed E-state index contributed by atoms with van der Waals surface area (Å²) in [6.07, 6.45) is 0. The average molecular weight is 631 g/mol. The second kappa shape index (κ2) is 16.2. The highest BCUT2D eigenvalue weighted by atomic mass is 32.2. The minimum Gasteiger partial charge on any atom is -0.461 e. The number of carbonyl (C=O) groups is 2. The van der Waals surface area contributed by atoms with Crippen LogP contribution in [0, 0.1) is 0 Å². The van der Waals surface area contributed by atoms with Crippen LogP contribution in [0.2, 0.25) is 0 Å². The number of carbonyl (C=O) groups excluding carboxylic acids is 2. The Morgan fingerprint density at radius 1 is 0.868 bits per heavy atom. The molecule has 0 aromatic heterocycles. The highest BCUT2D eigenvalue weighted by Crippen LogP contribution is 2.44. The molecule has 38 heavy (non-hydrogen) atoms. The van der Waals surface area contributed by atoms with Crippen molar-refractivity contribution in [2.45, 2.75) is 57.9 Å². The molecule has 1 aromatic rings. The quantitative estimate of drug-likeness (QED) is 0.150. The van der Waals surface area contributed by atoms with E-state index >= 15 is 0 Å². The number of rotatable bonds is 14. The van der Waals surface area contributed by atoms with Crippen LogP contribution in [-0.4, -0.2) is 67.8 Å². The highest BCUT2D eigenvalue weighted by molar-refractivity contribution is 8.22. The fourth-order valence-corrected chi connectivity index (χ4v) is 12.9. The molecule has 0 bridgehead atoms. The minimum absolute atomic E-state index is 0.291. The lowest BCUT2D eigenvalue weighted by Gasteiger charge is -2.18. The van der Waals surface area contributed by atoms with Gasteiger partial charge in [0.1, 0.15) is 13.2 Å².